The highest BCUT2D eigenvalue weighted by Crippen LogP contribution is 2.31. The topological polar surface area (TPSA) is 190 Å². The molecule has 39 heavy (non-hydrogen) atoms. The molecule has 0 atom stereocenters. The second-order valence-corrected chi connectivity index (χ2v) is 10.3. The zero-order valence-electron chi connectivity index (χ0n) is 19.9. The quantitative estimate of drug-likeness (QED) is 0.122. The third-order valence-corrected chi connectivity index (χ3v) is 6.75. The van der Waals surface area contributed by atoms with Crippen molar-refractivity contribution in [3.05, 3.63) is 109 Å². The minimum atomic E-state index is -1.03. The summed E-state index contributed by atoms with van der Waals surface area (Å²) < 4.78 is 1.85. The summed E-state index contributed by atoms with van der Waals surface area (Å²) in [7, 11) is 0. The molecule has 0 amide bonds. The van der Waals surface area contributed by atoms with E-state index in [1.54, 1.807) is 30.3 Å². The summed E-state index contributed by atoms with van der Waals surface area (Å²) in [6.45, 7) is 0. The maximum atomic E-state index is 11.1. The van der Waals surface area contributed by atoms with Crippen LogP contribution in [0.25, 0.3) is 11.1 Å². The van der Waals surface area contributed by atoms with E-state index in [2.05, 4.69) is 47.8 Å². The van der Waals surface area contributed by atoms with Gasteiger partial charge in [0.2, 0.25) is 0 Å². The lowest BCUT2D eigenvalue weighted by Crippen LogP contribution is -2.03. The monoisotopic (exact) mass is 721 g/mol. The number of hydrogen-bond donors (Lipinski definition) is 6. The molecule has 0 fully saturated rings. The fourth-order valence-electron chi connectivity index (χ4n) is 3.05. The molecule has 0 aliphatic rings. The Morgan fingerprint density at radius 3 is 1.49 bits per heavy atom. The molecule has 0 aliphatic carbocycles. The number of halogens is 3. The van der Waals surface area contributed by atoms with Crippen LogP contribution in [0.5, 0.6) is 0 Å². The van der Waals surface area contributed by atoms with Crippen molar-refractivity contribution in [2.24, 2.45) is 0 Å². The number of carbonyl (C=O) groups is 3. The largest absolute Gasteiger partial charge is 0.478 e. The van der Waals surface area contributed by atoms with E-state index >= 15 is 0 Å². The zero-order valence-corrected chi connectivity index (χ0v) is 24.7. The first-order chi connectivity index (χ1) is 18.3. The normalized spacial score (nSPS) is 9.82. The number of benzene rings is 4. The summed E-state index contributed by atoms with van der Waals surface area (Å²) in [5, 5.41) is 26.2. The van der Waals surface area contributed by atoms with Crippen LogP contribution in [-0.4, -0.2) is 33.2 Å². The Labute approximate surface area is 248 Å². The first-order valence-corrected chi connectivity index (χ1v) is 13.1. The summed E-state index contributed by atoms with van der Waals surface area (Å²) in [5.74, 6) is -3.05. The van der Waals surface area contributed by atoms with E-state index in [9.17, 15) is 14.4 Å². The predicted molar refractivity (Wildman–Crippen MR) is 162 cm³/mol. The summed E-state index contributed by atoms with van der Waals surface area (Å²) in [5.41, 5.74) is 19.5. The van der Waals surface area contributed by atoms with Gasteiger partial charge in [0.05, 0.1) is 28.1 Å². The van der Waals surface area contributed by atoms with Crippen molar-refractivity contribution in [1.29, 1.82) is 0 Å². The van der Waals surface area contributed by atoms with Gasteiger partial charge in [0.25, 0.3) is 0 Å². The van der Waals surface area contributed by atoms with Crippen molar-refractivity contribution in [2.45, 2.75) is 0 Å². The highest BCUT2D eigenvalue weighted by atomic mass is 79.9. The molecule has 0 aromatic heterocycles. The van der Waals surface area contributed by atoms with E-state index in [1.165, 1.54) is 12.1 Å². The average molecular weight is 724 g/mol. The summed E-state index contributed by atoms with van der Waals surface area (Å²) in [6, 6.07) is 22.5. The highest BCUT2D eigenvalue weighted by molar-refractivity contribution is 9.11. The maximum Gasteiger partial charge on any atom is 0.337 e. The minimum absolute atomic E-state index is 0.0938. The summed E-state index contributed by atoms with van der Waals surface area (Å²) in [4.78, 5) is 32.0. The fraction of sp³-hybridized carbons (Fsp3) is 0. The number of para-hydroxylation sites is 1. The first-order valence-electron chi connectivity index (χ1n) is 10.8. The van der Waals surface area contributed by atoms with Gasteiger partial charge in [-0.1, -0.05) is 58.4 Å². The number of rotatable bonds is 4. The van der Waals surface area contributed by atoms with Crippen molar-refractivity contribution in [3.63, 3.8) is 0 Å². The van der Waals surface area contributed by atoms with E-state index < -0.39 is 17.9 Å². The van der Waals surface area contributed by atoms with E-state index in [4.69, 9.17) is 32.5 Å². The fourth-order valence-corrected chi connectivity index (χ4v) is 4.73. The second-order valence-electron chi connectivity index (χ2n) is 7.64. The lowest BCUT2D eigenvalue weighted by atomic mass is 10.0. The molecular formula is C27H22Br3N3O6. The van der Waals surface area contributed by atoms with E-state index in [1.807, 2.05) is 36.4 Å². The average Bonchev–Trinajstić information content (AvgIpc) is 2.88. The van der Waals surface area contributed by atoms with Crippen molar-refractivity contribution in [1.82, 2.24) is 0 Å². The molecule has 4 rings (SSSR count). The molecule has 0 bridgehead atoms. The second kappa shape index (κ2) is 14.3. The number of nitrogen functional groups attached to an aromatic ring is 3. The van der Waals surface area contributed by atoms with E-state index in [-0.39, 0.29) is 28.1 Å². The Bertz CT molecular complexity index is 1510. The molecule has 0 saturated heterocycles. The van der Waals surface area contributed by atoms with Gasteiger partial charge in [-0.25, -0.2) is 14.4 Å². The van der Waals surface area contributed by atoms with Crippen molar-refractivity contribution < 1.29 is 29.7 Å². The summed E-state index contributed by atoms with van der Waals surface area (Å²) >= 11 is 9.59. The van der Waals surface area contributed by atoms with Crippen LogP contribution in [0.3, 0.4) is 0 Å². The zero-order chi connectivity index (χ0) is 29.3. The molecule has 4 aromatic carbocycles. The SMILES string of the molecule is Nc1c(Br)cc(-c2ccccc2)cc1C(=O)O.Nc1c(Br)cc(Br)cc1C(=O)O.Nc1ccccc1C(=O)O. The Morgan fingerprint density at radius 1 is 0.538 bits per heavy atom. The Kier molecular flexibility index (Phi) is 11.5. The number of hydrogen-bond acceptors (Lipinski definition) is 6. The number of nitrogens with two attached hydrogens (primary N) is 3. The molecule has 0 heterocycles. The number of carboxylic acids is 3. The van der Waals surface area contributed by atoms with Gasteiger partial charge in [-0.15, -0.1) is 0 Å². The van der Waals surface area contributed by atoms with Gasteiger partial charge in [0, 0.05) is 19.1 Å². The molecule has 12 heteroatoms. The van der Waals surface area contributed by atoms with Gasteiger partial charge in [0.15, 0.2) is 0 Å². The number of anilines is 3. The molecule has 9 nitrogen and oxygen atoms in total. The van der Waals surface area contributed by atoms with Gasteiger partial charge >= 0.3 is 17.9 Å². The van der Waals surface area contributed by atoms with Crippen LogP contribution >= 0.6 is 47.8 Å². The van der Waals surface area contributed by atoms with Crippen LogP contribution in [-0.2, 0) is 0 Å². The molecule has 0 unspecified atom stereocenters. The van der Waals surface area contributed by atoms with Crippen LogP contribution in [0.1, 0.15) is 31.1 Å². The Hall–Kier alpha value is -3.87. The maximum absolute atomic E-state index is 11.1. The lowest BCUT2D eigenvalue weighted by molar-refractivity contribution is 0.0687. The summed E-state index contributed by atoms with van der Waals surface area (Å²) in [6.07, 6.45) is 0. The van der Waals surface area contributed by atoms with Crippen LogP contribution in [0.15, 0.2) is 92.3 Å². The Balaban J connectivity index is 0.000000214. The van der Waals surface area contributed by atoms with Gasteiger partial charge < -0.3 is 32.5 Å². The highest BCUT2D eigenvalue weighted by Gasteiger charge is 2.13. The molecular weight excluding hydrogens is 702 g/mol. The van der Waals surface area contributed by atoms with Gasteiger partial charge in [-0.05, 0) is 79.4 Å². The van der Waals surface area contributed by atoms with Gasteiger partial charge in [-0.3, -0.25) is 0 Å². The van der Waals surface area contributed by atoms with Crippen LogP contribution in [0.2, 0.25) is 0 Å². The van der Waals surface area contributed by atoms with E-state index in [0.29, 0.717) is 19.1 Å². The van der Waals surface area contributed by atoms with Crippen LogP contribution < -0.4 is 17.2 Å². The lowest BCUT2D eigenvalue weighted by Gasteiger charge is -2.08. The van der Waals surface area contributed by atoms with E-state index in [0.717, 1.165) is 11.1 Å². The molecule has 202 valence electrons. The first kappa shape index (κ1) is 31.3. The molecule has 0 spiro atoms. The molecule has 9 N–H and O–H groups in total. The molecule has 0 saturated carbocycles. The molecule has 4 aromatic rings. The Morgan fingerprint density at radius 2 is 1.00 bits per heavy atom. The third kappa shape index (κ3) is 8.84. The third-order valence-electron chi connectivity index (χ3n) is 4.98. The van der Waals surface area contributed by atoms with Crippen molar-refractivity contribution in [3.8, 4) is 11.1 Å². The standard InChI is InChI=1S/C13H10BrNO2.C7H5Br2NO2.C7H7NO2/c14-11-7-9(8-4-2-1-3-5-8)6-10(12(11)15)13(16)17;8-3-1-4(7(11)12)6(10)5(9)2-3;8-6-4-2-1-3-5(6)7(9)10/h1-7H,15H2,(H,16,17);1-2H,10H2,(H,11,12);1-4H,8H2,(H,9,10). The van der Waals surface area contributed by atoms with Gasteiger partial charge in [-0.2, -0.15) is 0 Å². The van der Waals surface area contributed by atoms with Crippen LogP contribution in [0.4, 0.5) is 17.1 Å². The van der Waals surface area contributed by atoms with Crippen molar-refractivity contribution >= 4 is 82.8 Å². The van der Waals surface area contributed by atoms with Gasteiger partial charge in [0.1, 0.15) is 0 Å². The number of carboxylic acid groups (broad SMARTS) is 3. The molecule has 0 aliphatic heterocycles. The predicted octanol–water partition coefficient (Wildman–Crippen LogP) is 6.86. The molecule has 0 radical (unpaired) electrons. The smallest absolute Gasteiger partial charge is 0.337 e. The number of aromatic carboxylic acids is 3. The minimum Gasteiger partial charge on any atom is -0.478 e. The van der Waals surface area contributed by atoms with Crippen molar-refractivity contribution in [2.75, 3.05) is 17.2 Å². The van der Waals surface area contributed by atoms with Crippen LogP contribution in [0, 0.1) is 0 Å².